The molecule has 1 saturated heterocycles. The number of nitro benzene ring substituents is 1. The number of rotatable bonds is 1. The van der Waals surface area contributed by atoms with Gasteiger partial charge >= 0.3 is 6.09 Å². The number of non-ortho nitro benzene ring substituents is 1. The van der Waals surface area contributed by atoms with Gasteiger partial charge < -0.3 is 4.74 Å². The fourth-order valence-electron chi connectivity index (χ4n) is 1.82. The number of ether oxygens (including phenoxy) is 1. The molecule has 1 aromatic rings. The summed E-state index contributed by atoms with van der Waals surface area (Å²) < 4.78 is 5.06. The molecule has 1 fully saturated rings. The summed E-state index contributed by atoms with van der Waals surface area (Å²) >= 11 is 0. The van der Waals surface area contributed by atoms with E-state index >= 15 is 0 Å². The zero-order valence-corrected chi connectivity index (χ0v) is 13.9. The SMILES string of the molecule is CC(C)(C)OC(=O)N1CCCC1=O.Cc1ccc([N+](=O)[O-])cc1. The number of carbonyl (C=O) groups excluding carboxylic acids is 2. The van der Waals surface area contributed by atoms with Crippen LogP contribution in [0.4, 0.5) is 10.5 Å². The summed E-state index contributed by atoms with van der Waals surface area (Å²) in [6.07, 6.45) is 0.687. The maximum atomic E-state index is 11.4. The Bertz CT molecular complexity index is 575. The van der Waals surface area contributed by atoms with Gasteiger partial charge in [0.2, 0.25) is 5.91 Å². The van der Waals surface area contributed by atoms with Gasteiger partial charge in [-0.05, 0) is 34.1 Å². The first-order valence-electron chi connectivity index (χ1n) is 7.34. The molecular weight excluding hydrogens is 300 g/mol. The van der Waals surface area contributed by atoms with E-state index in [9.17, 15) is 19.7 Å². The van der Waals surface area contributed by atoms with Crippen LogP contribution < -0.4 is 0 Å². The molecule has 0 N–H and O–H groups in total. The van der Waals surface area contributed by atoms with Crippen LogP contribution in [0.1, 0.15) is 39.2 Å². The molecule has 0 bridgehead atoms. The lowest BCUT2D eigenvalue weighted by Gasteiger charge is -2.23. The minimum absolute atomic E-state index is 0.130. The Hall–Kier alpha value is -2.44. The van der Waals surface area contributed by atoms with Crippen molar-refractivity contribution in [2.45, 2.75) is 46.1 Å². The zero-order valence-electron chi connectivity index (χ0n) is 13.9. The number of benzene rings is 1. The van der Waals surface area contributed by atoms with E-state index in [1.807, 2.05) is 6.92 Å². The van der Waals surface area contributed by atoms with Crippen LogP contribution >= 0.6 is 0 Å². The number of carbonyl (C=O) groups is 2. The highest BCUT2D eigenvalue weighted by molar-refractivity contribution is 5.93. The fourth-order valence-corrected chi connectivity index (χ4v) is 1.82. The quantitative estimate of drug-likeness (QED) is 0.583. The number of aryl methyl sites for hydroxylation is 1. The van der Waals surface area contributed by atoms with Crippen LogP contribution in [0.3, 0.4) is 0 Å². The summed E-state index contributed by atoms with van der Waals surface area (Å²) in [5.74, 6) is -0.130. The van der Waals surface area contributed by atoms with Crippen molar-refractivity contribution in [2.75, 3.05) is 6.54 Å². The van der Waals surface area contributed by atoms with E-state index in [2.05, 4.69) is 0 Å². The molecule has 23 heavy (non-hydrogen) atoms. The largest absolute Gasteiger partial charge is 0.443 e. The monoisotopic (exact) mass is 322 g/mol. The van der Waals surface area contributed by atoms with Gasteiger partial charge in [-0.25, -0.2) is 9.69 Å². The van der Waals surface area contributed by atoms with E-state index in [1.165, 1.54) is 17.0 Å². The molecule has 0 radical (unpaired) electrons. The first-order valence-corrected chi connectivity index (χ1v) is 7.34. The highest BCUT2D eigenvalue weighted by atomic mass is 16.6. The molecule has 1 aliphatic heterocycles. The zero-order chi connectivity index (χ0) is 17.6. The van der Waals surface area contributed by atoms with Crippen molar-refractivity contribution < 1.29 is 19.2 Å². The van der Waals surface area contributed by atoms with E-state index in [1.54, 1.807) is 32.9 Å². The maximum absolute atomic E-state index is 11.4. The number of imide groups is 1. The van der Waals surface area contributed by atoms with Crippen LogP contribution in [-0.2, 0) is 9.53 Å². The van der Waals surface area contributed by atoms with E-state index in [0.717, 1.165) is 12.0 Å². The minimum Gasteiger partial charge on any atom is -0.443 e. The Kier molecular flexibility index (Phi) is 6.24. The second kappa shape index (κ2) is 7.71. The number of hydrogen-bond acceptors (Lipinski definition) is 5. The van der Waals surface area contributed by atoms with Gasteiger partial charge in [0.05, 0.1) is 4.92 Å². The number of likely N-dealkylation sites (tertiary alicyclic amines) is 1. The second-order valence-corrected chi connectivity index (χ2v) is 6.22. The fraction of sp³-hybridized carbons (Fsp3) is 0.500. The molecule has 0 atom stereocenters. The van der Waals surface area contributed by atoms with Gasteiger partial charge in [0.15, 0.2) is 0 Å². The summed E-state index contributed by atoms with van der Waals surface area (Å²) in [5, 5.41) is 10.1. The highest BCUT2D eigenvalue weighted by Crippen LogP contribution is 2.15. The van der Waals surface area contributed by atoms with Crippen molar-refractivity contribution in [1.29, 1.82) is 0 Å². The molecule has 0 unspecified atom stereocenters. The Morgan fingerprint density at radius 3 is 2.22 bits per heavy atom. The normalized spacial score (nSPS) is 14.1. The van der Waals surface area contributed by atoms with Gasteiger partial charge in [0.1, 0.15) is 5.60 Å². The van der Waals surface area contributed by atoms with Gasteiger partial charge in [0, 0.05) is 25.1 Å². The molecule has 7 nitrogen and oxygen atoms in total. The van der Waals surface area contributed by atoms with E-state index < -0.39 is 16.6 Å². The second-order valence-electron chi connectivity index (χ2n) is 6.22. The molecule has 1 aromatic carbocycles. The number of nitrogens with zero attached hydrogens (tertiary/aromatic N) is 2. The van der Waals surface area contributed by atoms with Crippen molar-refractivity contribution in [3.05, 3.63) is 39.9 Å². The summed E-state index contributed by atoms with van der Waals surface area (Å²) in [6, 6.07) is 6.43. The van der Waals surface area contributed by atoms with Gasteiger partial charge in [-0.15, -0.1) is 0 Å². The third-order valence-corrected chi connectivity index (χ3v) is 2.93. The summed E-state index contributed by atoms with van der Waals surface area (Å²) in [7, 11) is 0. The van der Waals surface area contributed by atoms with Crippen LogP contribution in [-0.4, -0.2) is 34.0 Å². The summed E-state index contributed by atoms with van der Waals surface area (Å²) in [6.45, 7) is 7.74. The van der Waals surface area contributed by atoms with Crippen molar-refractivity contribution >= 4 is 17.7 Å². The molecular formula is C16H22N2O5. The maximum Gasteiger partial charge on any atom is 0.417 e. The van der Waals surface area contributed by atoms with Crippen molar-refractivity contribution in [2.24, 2.45) is 0 Å². The Balaban J connectivity index is 0.000000238. The molecule has 0 spiro atoms. The number of hydrogen-bond donors (Lipinski definition) is 0. The van der Waals surface area contributed by atoms with E-state index in [0.29, 0.717) is 13.0 Å². The lowest BCUT2D eigenvalue weighted by molar-refractivity contribution is -0.384. The molecule has 2 amide bonds. The Labute approximate surface area is 135 Å². The van der Waals surface area contributed by atoms with Crippen molar-refractivity contribution in [1.82, 2.24) is 4.90 Å². The average Bonchev–Trinajstić information content (AvgIpc) is 2.84. The predicted octanol–water partition coefficient (Wildman–Crippen LogP) is 3.45. The topological polar surface area (TPSA) is 89.8 Å². The van der Waals surface area contributed by atoms with Crippen LogP contribution in [0.2, 0.25) is 0 Å². The van der Waals surface area contributed by atoms with Gasteiger partial charge in [-0.2, -0.15) is 0 Å². The molecule has 0 saturated carbocycles. The third kappa shape index (κ3) is 6.46. The summed E-state index contributed by atoms with van der Waals surface area (Å²) in [5.41, 5.74) is 0.649. The van der Waals surface area contributed by atoms with Crippen LogP contribution in [0, 0.1) is 17.0 Å². The first-order chi connectivity index (χ1) is 10.6. The Morgan fingerprint density at radius 2 is 1.83 bits per heavy atom. The van der Waals surface area contributed by atoms with Crippen molar-refractivity contribution in [3.63, 3.8) is 0 Å². The van der Waals surface area contributed by atoms with E-state index in [-0.39, 0.29) is 11.6 Å². The van der Waals surface area contributed by atoms with Crippen LogP contribution in [0.5, 0.6) is 0 Å². The lowest BCUT2D eigenvalue weighted by atomic mass is 10.2. The average molecular weight is 322 g/mol. The molecule has 0 aliphatic carbocycles. The van der Waals surface area contributed by atoms with Gasteiger partial charge in [-0.3, -0.25) is 14.9 Å². The van der Waals surface area contributed by atoms with Gasteiger partial charge in [-0.1, -0.05) is 17.7 Å². The first kappa shape index (κ1) is 18.6. The Morgan fingerprint density at radius 1 is 1.26 bits per heavy atom. The molecule has 0 aromatic heterocycles. The minimum atomic E-state index is -0.528. The number of nitro groups is 1. The predicted molar refractivity (Wildman–Crippen MR) is 85.0 cm³/mol. The summed E-state index contributed by atoms with van der Waals surface area (Å²) in [4.78, 5) is 33.4. The highest BCUT2D eigenvalue weighted by Gasteiger charge is 2.30. The molecule has 1 aliphatic rings. The molecule has 126 valence electrons. The van der Waals surface area contributed by atoms with E-state index in [4.69, 9.17) is 4.74 Å². The number of amides is 2. The van der Waals surface area contributed by atoms with Crippen LogP contribution in [0.25, 0.3) is 0 Å². The molecule has 7 heteroatoms. The third-order valence-electron chi connectivity index (χ3n) is 2.93. The smallest absolute Gasteiger partial charge is 0.417 e. The van der Waals surface area contributed by atoms with Crippen molar-refractivity contribution in [3.8, 4) is 0 Å². The molecule has 1 heterocycles. The lowest BCUT2D eigenvalue weighted by Crippen LogP contribution is -2.37. The molecule has 2 rings (SSSR count). The van der Waals surface area contributed by atoms with Crippen LogP contribution in [0.15, 0.2) is 24.3 Å². The van der Waals surface area contributed by atoms with Gasteiger partial charge in [0.25, 0.3) is 5.69 Å². The standard InChI is InChI=1S/C9H15NO3.C7H7NO2/c1-9(2,3)13-8(12)10-6-4-5-7(10)11;1-6-2-4-7(5-3-6)8(9)10/h4-6H2,1-3H3;2-5H,1H3.